The van der Waals surface area contributed by atoms with Crippen LogP contribution >= 0.6 is 0 Å². The molecule has 1 aliphatic rings. The average molecular weight is 552 g/mol. The average Bonchev–Trinajstić information content (AvgIpc) is 3.02. The number of rotatable bonds is 8. The Hall–Kier alpha value is -0.140. The van der Waals surface area contributed by atoms with Gasteiger partial charge in [0.05, 0.1) is 0 Å². The first-order valence-corrected chi connectivity index (χ1v) is 18.9. The predicted octanol–water partition coefficient (Wildman–Crippen LogP) is 2.40. The van der Waals surface area contributed by atoms with E-state index < -0.39 is 0 Å². The summed E-state index contributed by atoms with van der Waals surface area (Å²) in [6, 6.07) is 16.4. The Kier molecular flexibility index (Phi) is 12.0. The first-order valence-electron chi connectivity index (χ1n) is 11.3. The molecule has 0 amide bonds. The van der Waals surface area contributed by atoms with E-state index in [0.29, 0.717) is 0 Å². The first-order chi connectivity index (χ1) is 13.8. The molecule has 0 N–H and O–H groups in total. The van der Waals surface area contributed by atoms with E-state index in [1.54, 1.807) is 11.1 Å². The van der Waals surface area contributed by atoms with Crippen molar-refractivity contribution in [2.24, 2.45) is 0 Å². The standard InChI is InChI=1S/C25H31.C2H6Si.2ClH.Zr/c1-5-6-7-8-10-19-17-21-11-9-12-23(24(21)18-19)20-13-15-22(16-14-20)25(2,3)4;1-3-2;;;/h9,11-18H,5-8,10H2,1-4H3;1-2H3;2*1H;/q;;;;+2/p-2. The number of halogens is 2. The third-order valence-electron chi connectivity index (χ3n) is 5.97. The summed E-state index contributed by atoms with van der Waals surface area (Å²) in [6.07, 6.45) is 9.38. The summed E-state index contributed by atoms with van der Waals surface area (Å²) in [5, 5.41) is 0. The number of unbranched alkanes of at least 4 members (excludes halogenated alkanes) is 3. The van der Waals surface area contributed by atoms with Gasteiger partial charge in [-0.2, -0.15) is 0 Å². The summed E-state index contributed by atoms with van der Waals surface area (Å²) < 4.78 is 0.827. The second-order valence-corrected chi connectivity index (χ2v) is 23.0. The van der Waals surface area contributed by atoms with Gasteiger partial charge in [0.15, 0.2) is 0 Å². The molecule has 0 aliphatic heterocycles. The molecule has 0 bridgehead atoms. The monoisotopic (exact) mass is 549 g/mol. The van der Waals surface area contributed by atoms with E-state index in [-0.39, 0.29) is 58.5 Å². The quantitative estimate of drug-likeness (QED) is 0.349. The minimum atomic E-state index is -0.380. The number of hydrogen-bond donors (Lipinski definition) is 0. The SMILES string of the molecule is CCCCCCC1=Cc2c(-c3ccc(C(C)(C)C)cc3)cccc2[CH]1[Zr+2][Si](C)C.[Cl-].[Cl-]. The van der Waals surface area contributed by atoms with Crippen LogP contribution in [-0.4, -0.2) is 5.92 Å². The number of benzene rings is 2. The van der Waals surface area contributed by atoms with Crippen LogP contribution in [-0.2, 0) is 27.8 Å². The van der Waals surface area contributed by atoms with Crippen molar-refractivity contribution < 1.29 is 47.2 Å². The molecule has 0 aromatic heterocycles. The molecule has 0 spiro atoms. The zero-order chi connectivity index (χ0) is 21.0. The second kappa shape index (κ2) is 12.9. The van der Waals surface area contributed by atoms with Crippen molar-refractivity contribution in [2.75, 3.05) is 0 Å². The minimum absolute atomic E-state index is 0. The van der Waals surface area contributed by atoms with Crippen molar-refractivity contribution in [3.63, 3.8) is 0 Å². The van der Waals surface area contributed by atoms with Crippen LogP contribution in [0, 0.1) is 0 Å². The van der Waals surface area contributed by atoms with Gasteiger partial charge in [0.2, 0.25) is 0 Å². The normalized spacial score (nSPS) is 14.9. The van der Waals surface area contributed by atoms with E-state index in [4.69, 9.17) is 0 Å². The Labute approximate surface area is 215 Å². The smallest absolute Gasteiger partial charge is 1.00 e. The molecule has 167 valence electrons. The van der Waals surface area contributed by atoms with Crippen molar-refractivity contribution in [3.05, 3.63) is 64.7 Å². The second-order valence-electron chi connectivity index (χ2n) is 9.74. The maximum Gasteiger partial charge on any atom is -1.00 e. The summed E-state index contributed by atoms with van der Waals surface area (Å²) in [5.74, 6) is -0.0955. The molecule has 31 heavy (non-hydrogen) atoms. The van der Waals surface area contributed by atoms with Crippen molar-refractivity contribution in [3.8, 4) is 11.1 Å². The summed E-state index contributed by atoms with van der Waals surface area (Å²) in [6.45, 7) is 14.3. The topological polar surface area (TPSA) is 0 Å². The Bertz CT molecular complexity index is 851. The summed E-state index contributed by atoms with van der Waals surface area (Å²) in [4.78, 5) is 0. The molecule has 0 heterocycles. The molecule has 0 fully saturated rings. The van der Waals surface area contributed by atoms with Gasteiger partial charge in [-0.25, -0.2) is 0 Å². The van der Waals surface area contributed by atoms with Gasteiger partial charge in [-0.1, -0.05) is 0 Å². The van der Waals surface area contributed by atoms with Gasteiger partial charge in [-0.3, -0.25) is 0 Å². The number of fused-ring (bicyclic) bond motifs is 1. The van der Waals surface area contributed by atoms with Gasteiger partial charge in [0.1, 0.15) is 0 Å². The fourth-order valence-corrected chi connectivity index (χ4v) is 13.2. The van der Waals surface area contributed by atoms with Gasteiger partial charge < -0.3 is 24.8 Å². The zero-order valence-electron chi connectivity index (χ0n) is 20.0. The molecular formula is C27H37Cl2SiZr. The van der Waals surface area contributed by atoms with Crippen LogP contribution in [0.5, 0.6) is 0 Å². The first kappa shape index (κ1) is 28.9. The molecule has 3 rings (SSSR count). The molecule has 1 aliphatic carbocycles. The van der Waals surface area contributed by atoms with Crippen LogP contribution in [0.1, 0.15) is 80.1 Å². The molecular weight excluding hydrogens is 515 g/mol. The van der Waals surface area contributed by atoms with Crippen LogP contribution in [0.25, 0.3) is 17.2 Å². The molecule has 0 nitrogen and oxygen atoms in total. The molecule has 4 heteroatoms. The fraction of sp³-hybridized carbons (Fsp3) is 0.481. The molecule has 1 atom stereocenters. The van der Waals surface area contributed by atoms with E-state index in [1.165, 1.54) is 54.4 Å². The van der Waals surface area contributed by atoms with Gasteiger partial charge in [-0.05, 0) is 0 Å². The van der Waals surface area contributed by atoms with Gasteiger partial charge in [0.25, 0.3) is 0 Å². The van der Waals surface area contributed by atoms with E-state index in [0.717, 1.165) is 3.63 Å². The van der Waals surface area contributed by atoms with Crippen molar-refractivity contribution in [2.45, 2.75) is 81.9 Å². The predicted molar refractivity (Wildman–Crippen MR) is 128 cm³/mol. The van der Waals surface area contributed by atoms with Gasteiger partial charge >= 0.3 is 192 Å². The largest absolute Gasteiger partial charge is 1.00 e. The number of allylic oxidation sites excluding steroid dienone is 1. The van der Waals surface area contributed by atoms with Crippen LogP contribution in [0.4, 0.5) is 0 Å². The maximum absolute atomic E-state index is 2.60. The third-order valence-corrected chi connectivity index (χ3v) is 14.9. The molecule has 0 saturated heterocycles. The molecule has 0 saturated carbocycles. The minimum Gasteiger partial charge on any atom is -1.00 e. The summed E-state index contributed by atoms with van der Waals surface area (Å²) in [5.41, 5.74) is 9.41. The molecule has 1 unspecified atom stereocenters. The summed E-state index contributed by atoms with van der Waals surface area (Å²) in [7, 11) is 0. The molecule has 2 aromatic rings. The Morgan fingerprint density at radius 1 is 0.903 bits per heavy atom. The van der Waals surface area contributed by atoms with Crippen LogP contribution in [0.2, 0.25) is 13.1 Å². The Morgan fingerprint density at radius 3 is 2.16 bits per heavy atom. The zero-order valence-corrected chi connectivity index (χ0v) is 25.0. The summed E-state index contributed by atoms with van der Waals surface area (Å²) >= 11 is -0.380. The van der Waals surface area contributed by atoms with Crippen molar-refractivity contribution >= 4 is 12.0 Å². The van der Waals surface area contributed by atoms with Crippen molar-refractivity contribution in [1.82, 2.24) is 0 Å². The Balaban J connectivity index is 0.00000240. The van der Waals surface area contributed by atoms with Crippen molar-refractivity contribution in [1.29, 1.82) is 0 Å². The Morgan fingerprint density at radius 2 is 1.58 bits per heavy atom. The maximum atomic E-state index is 2.60. The fourth-order valence-electron chi connectivity index (χ4n) is 4.30. The van der Waals surface area contributed by atoms with E-state index in [9.17, 15) is 0 Å². The van der Waals surface area contributed by atoms with Crippen LogP contribution in [0.3, 0.4) is 0 Å². The molecule has 2 aromatic carbocycles. The number of hydrogen-bond acceptors (Lipinski definition) is 0. The molecule has 1 radical (unpaired) electrons. The van der Waals surface area contributed by atoms with Crippen LogP contribution in [0.15, 0.2) is 48.0 Å². The van der Waals surface area contributed by atoms with Gasteiger partial charge in [-0.15, -0.1) is 0 Å². The van der Waals surface area contributed by atoms with E-state index in [2.05, 4.69) is 89.3 Å². The van der Waals surface area contributed by atoms with Crippen LogP contribution < -0.4 is 24.8 Å². The van der Waals surface area contributed by atoms with Gasteiger partial charge in [0, 0.05) is 0 Å². The van der Waals surface area contributed by atoms with E-state index in [1.807, 2.05) is 0 Å². The third kappa shape index (κ3) is 7.43. The van der Waals surface area contributed by atoms with E-state index >= 15 is 0 Å².